The number of nitrogens with zero attached hydrogens (tertiary/aromatic N) is 2. The summed E-state index contributed by atoms with van der Waals surface area (Å²) < 4.78 is 24.2. The van der Waals surface area contributed by atoms with Crippen molar-refractivity contribution >= 4 is 17.7 Å². The minimum atomic E-state index is -0.482. The number of fused-ring (bicyclic) bond motifs is 1. The highest BCUT2D eigenvalue weighted by Gasteiger charge is 2.37. The van der Waals surface area contributed by atoms with Gasteiger partial charge in [-0.3, -0.25) is 19.3 Å². The quantitative estimate of drug-likeness (QED) is 0.717. The predicted octanol–water partition coefficient (Wildman–Crippen LogP) is 1.73. The number of carbonyl (C=O) groups is 3. The van der Waals surface area contributed by atoms with E-state index < -0.39 is 11.9 Å². The van der Waals surface area contributed by atoms with Gasteiger partial charge in [-0.25, -0.2) is 4.39 Å². The molecular formula is C21H19FN2O5. The van der Waals surface area contributed by atoms with Gasteiger partial charge in [-0.1, -0.05) is 18.2 Å². The lowest BCUT2D eigenvalue weighted by Gasteiger charge is -2.34. The molecule has 2 aliphatic rings. The first-order valence-electron chi connectivity index (χ1n) is 9.26. The molecule has 0 bridgehead atoms. The molecule has 1 atom stereocenters. The number of ether oxygens (including phenoxy) is 2. The maximum absolute atomic E-state index is 13.2. The number of amides is 3. The van der Waals surface area contributed by atoms with Crippen molar-refractivity contribution in [2.45, 2.75) is 6.10 Å². The van der Waals surface area contributed by atoms with Crippen molar-refractivity contribution in [3.05, 3.63) is 65.5 Å². The fourth-order valence-electron chi connectivity index (χ4n) is 3.46. The van der Waals surface area contributed by atoms with Crippen molar-refractivity contribution in [3.8, 4) is 5.75 Å². The smallest absolute Gasteiger partial charge is 0.261 e. The Labute approximate surface area is 166 Å². The third kappa shape index (κ3) is 3.97. The topological polar surface area (TPSA) is 76.2 Å². The van der Waals surface area contributed by atoms with Crippen molar-refractivity contribution in [1.29, 1.82) is 0 Å². The maximum Gasteiger partial charge on any atom is 0.261 e. The van der Waals surface area contributed by atoms with Crippen LogP contribution in [0.5, 0.6) is 5.75 Å². The lowest BCUT2D eigenvalue weighted by Crippen LogP contribution is -2.51. The standard InChI is InChI=1S/C21H19FN2O5/c22-14-4-3-5-15(10-14)29-13-19(25)23-8-9-28-16(11-23)12-24-20(26)17-6-1-2-7-18(17)21(24)27/h1-7,10,16H,8-9,11-13H2. The summed E-state index contributed by atoms with van der Waals surface area (Å²) in [6.07, 6.45) is -0.482. The first-order valence-corrected chi connectivity index (χ1v) is 9.26. The lowest BCUT2D eigenvalue weighted by molar-refractivity contribution is -0.141. The Morgan fingerprint density at radius 2 is 1.83 bits per heavy atom. The normalized spacial score (nSPS) is 18.7. The first kappa shape index (κ1) is 19.1. The third-order valence-corrected chi connectivity index (χ3v) is 4.91. The molecule has 1 saturated heterocycles. The minimum absolute atomic E-state index is 0.0703. The van der Waals surface area contributed by atoms with Crippen molar-refractivity contribution in [1.82, 2.24) is 9.80 Å². The zero-order valence-electron chi connectivity index (χ0n) is 15.5. The van der Waals surface area contributed by atoms with E-state index in [0.29, 0.717) is 24.3 Å². The number of morpholine rings is 1. The van der Waals surface area contributed by atoms with Crippen LogP contribution in [-0.2, 0) is 9.53 Å². The molecule has 0 aliphatic carbocycles. The Kier molecular flexibility index (Phi) is 5.26. The molecule has 29 heavy (non-hydrogen) atoms. The second-order valence-electron chi connectivity index (χ2n) is 6.85. The van der Waals surface area contributed by atoms with Crippen LogP contribution in [0.3, 0.4) is 0 Å². The highest BCUT2D eigenvalue weighted by Crippen LogP contribution is 2.23. The monoisotopic (exact) mass is 398 g/mol. The second-order valence-corrected chi connectivity index (χ2v) is 6.85. The van der Waals surface area contributed by atoms with Crippen LogP contribution in [0.1, 0.15) is 20.7 Å². The number of imide groups is 1. The molecule has 8 heteroatoms. The van der Waals surface area contributed by atoms with Crippen LogP contribution in [0.2, 0.25) is 0 Å². The Morgan fingerprint density at radius 1 is 1.10 bits per heavy atom. The molecule has 0 spiro atoms. The summed E-state index contributed by atoms with van der Waals surface area (Å²) in [5.41, 5.74) is 0.759. The summed E-state index contributed by atoms with van der Waals surface area (Å²) in [4.78, 5) is 40.2. The fourth-order valence-corrected chi connectivity index (χ4v) is 3.46. The van der Waals surface area contributed by atoms with Crippen molar-refractivity contribution in [2.24, 2.45) is 0 Å². The lowest BCUT2D eigenvalue weighted by atomic mass is 10.1. The third-order valence-electron chi connectivity index (χ3n) is 4.91. The number of hydrogen-bond acceptors (Lipinski definition) is 5. The van der Waals surface area contributed by atoms with Crippen LogP contribution in [0.15, 0.2) is 48.5 Å². The summed E-state index contributed by atoms with van der Waals surface area (Å²) >= 11 is 0. The summed E-state index contributed by atoms with van der Waals surface area (Å²) in [6.45, 7) is 0.742. The van der Waals surface area contributed by atoms with Crippen LogP contribution >= 0.6 is 0 Å². The van der Waals surface area contributed by atoms with Gasteiger partial charge < -0.3 is 14.4 Å². The molecule has 2 aromatic carbocycles. The van der Waals surface area contributed by atoms with Crippen molar-refractivity contribution in [2.75, 3.05) is 32.8 Å². The van der Waals surface area contributed by atoms with Gasteiger partial charge in [-0.2, -0.15) is 0 Å². The Hall–Kier alpha value is -3.26. The molecule has 150 valence electrons. The molecular weight excluding hydrogens is 379 g/mol. The number of benzene rings is 2. The molecule has 0 aromatic heterocycles. The predicted molar refractivity (Wildman–Crippen MR) is 100 cm³/mol. The molecule has 2 heterocycles. The average Bonchev–Trinajstić information content (AvgIpc) is 2.97. The number of carbonyl (C=O) groups excluding carboxylic acids is 3. The van der Waals surface area contributed by atoms with Crippen LogP contribution < -0.4 is 4.74 Å². The molecule has 0 radical (unpaired) electrons. The molecule has 7 nitrogen and oxygen atoms in total. The van der Waals surface area contributed by atoms with Crippen molar-refractivity contribution in [3.63, 3.8) is 0 Å². The highest BCUT2D eigenvalue weighted by molar-refractivity contribution is 6.21. The van der Waals surface area contributed by atoms with Gasteiger partial charge in [0.2, 0.25) is 0 Å². The van der Waals surface area contributed by atoms with Gasteiger partial charge in [0.25, 0.3) is 17.7 Å². The molecule has 1 fully saturated rings. The van der Waals surface area contributed by atoms with Gasteiger partial charge in [0, 0.05) is 19.2 Å². The van der Waals surface area contributed by atoms with E-state index in [9.17, 15) is 18.8 Å². The van der Waals surface area contributed by atoms with E-state index in [1.54, 1.807) is 35.2 Å². The summed E-state index contributed by atoms with van der Waals surface area (Å²) in [7, 11) is 0. The minimum Gasteiger partial charge on any atom is -0.484 e. The maximum atomic E-state index is 13.2. The highest BCUT2D eigenvalue weighted by atomic mass is 19.1. The molecule has 4 rings (SSSR count). The van der Waals surface area contributed by atoms with Crippen LogP contribution in [0.4, 0.5) is 4.39 Å². The molecule has 1 unspecified atom stereocenters. The van der Waals surface area contributed by atoms with E-state index in [1.165, 1.54) is 18.2 Å². The Bertz CT molecular complexity index is 929. The summed E-state index contributed by atoms with van der Waals surface area (Å²) in [5.74, 6) is -1.15. The van der Waals surface area contributed by atoms with E-state index in [4.69, 9.17) is 9.47 Å². The van der Waals surface area contributed by atoms with E-state index in [1.807, 2.05) is 0 Å². The molecule has 0 N–H and O–H groups in total. The molecule has 2 aromatic rings. The van der Waals surface area contributed by atoms with Gasteiger partial charge in [0.15, 0.2) is 6.61 Å². The van der Waals surface area contributed by atoms with E-state index >= 15 is 0 Å². The zero-order valence-corrected chi connectivity index (χ0v) is 15.5. The molecule has 2 aliphatic heterocycles. The van der Waals surface area contributed by atoms with Crippen LogP contribution in [0.25, 0.3) is 0 Å². The number of hydrogen-bond donors (Lipinski definition) is 0. The first-order chi connectivity index (χ1) is 14.0. The molecule has 3 amide bonds. The average molecular weight is 398 g/mol. The summed E-state index contributed by atoms with van der Waals surface area (Å²) in [6, 6.07) is 12.2. The van der Waals surface area contributed by atoms with Crippen LogP contribution in [0, 0.1) is 5.82 Å². The Morgan fingerprint density at radius 3 is 2.52 bits per heavy atom. The zero-order chi connectivity index (χ0) is 20.4. The van der Waals surface area contributed by atoms with Gasteiger partial charge >= 0.3 is 0 Å². The number of rotatable bonds is 5. The van der Waals surface area contributed by atoms with E-state index in [0.717, 1.165) is 4.90 Å². The fraction of sp³-hybridized carbons (Fsp3) is 0.286. The largest absolute Gasteiger partial charge is 0.484 e. The van der Waals surface area contributed by atoms with E-state index in [2.05, 4.69) is 0 Å². The molecule has 0 saturated carbocycles. The van der Waals surface area contributed by atoms with Gasteiger partial charge in [-0.05, 0) is 24.3 Å². The van der Waals surface area contributed by atoms with Crippen LogP contribution in [-0.4, -0.2) is 66.5 Å². The second kappa shape index (κ2) is 8.00. The van der Waals surface area contributed by atoms with Gasteiger partial charge in [-0.15, -0.1) is 0 Å². The van der Waals surface area contributed by atoms with Gasteiger partial charge in [0.05, 0.1) is 30.4 Å². The summed E-state index contributed by atoms with van der Waals surface area (Å²) in [5, 5.41) is 0. The van der Waals surface area contributed by atoms with Gasteiger partial charge in [0.1, 0.15) is 11.6 Å². The van der Waals surface area contributed by atoms with E-state index in [-0.39, 0.29) is 43.2 Å². The van der Waals surface area contributed by atoms with Crippen molar-refractivity contribution < 1.29 is 28.2 Å². The Balaban J connectivity index is 1.34. The SMILES string of the molecule is O=C(COc1cccc(F)c1)N1CCOC(CN2C(=O)c3ccccc3C2=O)C1. The number of halogens is 1.